The van der Waals surface area contributed by atoms with E-state index in [1.54, 1.807) is 0 Å². The molecule has 0 bridgehead atoms. The van der Waals surface area contributed by atoms with Crippen molar-refractivity contribution in [3.8, 4) is 0 Å². The number of carboxylic acids is 1. The van der Waals surface area contributed by atoms with Gasteiger partial charge in [0.2, 0.25) is 0 Å². The molecular weight excluding hydrogens is 154 g/mol. The molecule has 1 fully saturated rings. The second-order valence-corrected chi connectivity index (χ2v) is 3.52. The molecule has 0 spiro atoms. The first-order valence-electron chi connectivity index (χ1n) is 4.70. The van der Waals surface area contributed by atoms with Crippen molar-refractivity contribution >= 4 is 5.97 Å². The van der Waals surface area contributed by atoms with Gasteiger partial charge >= 0.3 is 5.97 Å². The van der Waals surface area contributed by atoms with E-state index in [1.165, 1.54) is 0 Å². The number of carbonyl (C=O) groups is 1. The van der Waals surface area contributed by atoms with Crippen LogP contribution in [0.2, 0.25) is 0 Å². The molecule has 3 nitrogen and oxygen atoms in total. The highest BCUT2D eigenvalue weighted by Crippen LogP contribution is 2.25. The molecule has 0 radical (unpaired) electrons. The van der Waals surface area contributed by atoms with Crippen molar-refractivity contribution in [3.05, 3.63) is 0 Å². The lowest BCUT2D eigenvalue weighted by Crippen LogP contribution is -2.47. The van der Waals surface area contributed by atoms with Crippen LogP contribution in [0.15, 0.2) is 0 Å². The number of rotatable bonds is 4. The molecule has 1 aliphatic heterocycles. The quantitative estimate of drug-likeness (QED) is 0.672. The van der Waals surface area contributed by atoms with Crippen LogP contribution in [0.5, 0.6) is 0 Å². The second kappa shape index (κ2) is 3.90. The highest BCUT2D eigenvalue weighted by Gasteiger charge is 2.39. The summed E-state index contributed by atoms with van der Waals surface area (Å²) >= 11 is 0. The topological polar surface area (TPSA) is 49.3 Å². The highest BCUT2D eigenvalue weighted by atomic mass is 16.4. The predicted octanol–water partition coefficient (Wildman–Crippen LogP) is 1.38. The molecule has 0 aromatic heterocycles. The van der Waals surface area contributed by atoms with Gasteiger partial charge in [0.25, 0.3) is 0 Å². The molecule has 3 heteroatoms. The maximum absolute atomic E-state index is 11.0. The summed E-state index contributed by atoms with van der Waals surface area (Å²) in [7, 11) is 0. The van der Waals surface area contributed by atoms with Crippen LogP contribution in [0.25, 0.3) is 0 Å². The molecule has 1 atom stereocenters. The fraction of sp³-hybridized carbons (Fsp3) is 0.889. The summed E-state index contributed by atoms with van der Waals surface area (Å²) in [5.74, 6) is -0.673. The lowest BCUT2D eigenvalue weighted by Gasteiger charge is -2.23. The largest absolute Gasteiger partial charge is 0.480 e. The minimum atomic E-state index is -0.673. The lowest BCUT2D eigenvalue weighted by atomic mass is 9.91. The minimum Gasteiger partial charge on any atom is -0.480 e. The summed E-state index contributed by atoms with van der Waals surface area (Å²) in [4.78, 5) is 11.0. The normalized spacial score (nSPS) is 29.1. The number of hydrogen-bond acceptors (Lipinski definition) is 2. The van der Waals surface area contributed by atoms with E-state index in [0.717, 1.165) is 38.6 Å². The third-order valence-electron chi connectivity index (χ3n) is 2.61. The lowest BCUT2D eigenvalue weighted by molar-refractivity contribution is -0.144. The Bertz CT molecular complexity index is 162. The van der Waals surface area contributed by atoms with Gasteiger partial charge in [0.1, 0.15) is 5.54 Å². The Morgan fingerprint density at radius 3 is 2.83 bits per heavy atom. The number of hydrogen-bond donors (Lipinski definition) is 2. The van der Waals surface area contributed by atoms with Crippen molar-refractivity contribution in [3.63, 3.8) is 0 Å². The van der Waals surface area contributed by atoms with Crippen molar-refractivity contribution in [1.29, 1.82) is 0 Å². The first kappa shape index (κ1) is 9.52. The first-order chi connectivity index (χ1) is 5.71. The van der Waals surface area contributed by atoms with Crippen LogP contribution in [0.1, 0.15) is 39.0 Å². The zero-order chi connectivity index (χ0) is 9.03. The van der Waals surface area contributed by atoms with E-state index in [-0.39, 0.29) is 0 Å². The summed E-state index contributed by atoms with van der Waals surface area (Å²) in [5, 5.41) is 12.1. The molecule has 0 unspecified atom stereocenters. The Kier molecular flexibility index (Phi) is 3.09. The standard InChI is InChI=1S/C9H17NO2/c1-2-3-5-9(8(11)12)6-4-7-10-9/h10H,2-7H2,1H3,(H,11,12)/t9-/m1/s1. The predicted molar refractivity (Wildman–Crippen MR) is 47.1 cm³/mol. The monoisotopic (exact) mass is 171 g/mol. The Morgan fingerprint density at radius 2 is 2.42 bits per heavy atom. The van der Waals surface area contributed by atoms with Crippen LogP contribution < -0.4 is 5.32 Å². The molecule has 1 rings (SSSR count). The van der Waals surface area contributed by atoms with Crippen LogP contribution in [0.4, 0.5) is 0 Å². The third-order valence-corrected chi connectivity index (χ3v) is 2.61. The zero-order valence-electron chi connectivity index (χ0n) is 7.60. The van der Waals surface area contributed by atoms with Gasteiger partial charge in [-0.05, 0) is 25.8 Å². The fourth-order valence-corrected chi connectivity index (χ4v) is 1.79. The smallest absolute Gasteiger partial charge is 0.323 e. The van der Waals surface area contributed by atoms with Crippen molar-refractivity contribution in [2.24, 2.45) is 0 Å². The molecule has 0 amide bonds. The summed E-state index contributed by atoms with van der Waals surface area (Å²) in [6.07, 6.45) is 4.63. The molecule has 0 aromatic rings. The number of carboxylic acid groups (broad SMARTS) is 1. The van der Waals surface area contributed by atoms with Gasteiger partial charge in [-0.2, -0.15) is 0 Å². The van der Waals surface area contributed by atoms with E-state index in [9.17, 15) is 4.79 Å². The molecule has 1 heterocycles. The third kappa shape index (κ3) is 1.78. The van der Waals surface area contributed by atoms with Crippen molar-refractivity contribution in [2.75, 3.05) is 6.54 Å². The van der Waals surface area contributed by atoms with Gasteiger partial charge in [0, 0.05) is 0 Å². The molecular formula is C9H17NO2. The van der Waals surface area contributed by atoms with Gasteiger partial charge in [0.05, 0.1) is 0 Å². The summed E-state index contributed by atoms with van der Waals surface area (Å²) in [6.45, 7) is 2.94. The fourth-order valence-electron chi connectivity index (χ4n) is 1.79. The number of unbranched alkanes of at least 4 members (excludes halogenated alkanes) is 1. The molecule has 0 aromatic carbocycles. The van der Waals surface area contributed by atoms with E-state index < -0.39 is 11.5 Å². The highest BCUT2D eigenvalue weighted by molar-refractivity contribution is 5.79. The SMILES string of the molecule is CCCC[C@]1(C(=O)O)CCCN1. The molecule has 0 saturated carbocycles. The van der Waals surface area contributed by atoms with E-state index in [0.29, 0.717) is 0 Å². The van der Waals surface area contributed by atoms with Crippen LogP contribution in [-0.4, -0.2) is 23.2 Å². The number of nitrogens with one attached hydrogen (secondary N) is 1. The van der Waals surface area contributed by atoms with Crippen LogP contribution >= 0.6 is 0 Å². The summed E-state index contributed by atoms with van der Waals surface area (Å²) < 4.78 is 0. The average molecular weight is 171 g/mol. The van der Waals surface area contributed by atoms with E-state index in [1.807, 2.05) is 0 Å². The Labute approximate surface area is 73.2 Å². The average Bonchev–Trinajstić information content (AvgIpc) is 2.50. The molecule has 12 heavy (non-hydrogen) atoms. The van der Waals surface area contributed by atoms with Crippen LogP contribution in [0.3, 0.4) is 0 Å². The van der Waals surface area contributed by atoms with E-state index in [2.05, 4.69) is 12.2 Å². The van der Waals surface area contributed by atoms with E-state index >= 15 is 0 Å². The maximum atomic E-state index is 11.0. The zero-order valence-corrected chi connectivity index (χ0v) is 7.60. The van der Waals surface area contributed by atoms with Crippen molar-refractivity contribution < 1.29 is 9.90 Å². The summed E-state index contributed by atoms with van der Waals surface area (Å²) in [6, 6.07) is 0. The van der Waals surface area contributed by atoms with Crippen LogP contribution in [0, 0.1) is 0 Å². The summed E-state index contributed by atoms with van der Waals surface area (Å²) in [5.41, 5.74) is -0.587. The van der Waals surface area contributed by atoms with Gasteiger partial charge in [-0.15, -0.1) is 0 Å². The van der Waals surface area contributed by atoms with Crippen molar-refractivity contribution in [2.45, 2.75) is 44.6 Å². The molecule has 70 valence electrons. The Balaban J connectivity index is 2.53. The van der Waals surface area contributed by atoms with E-state index in [4.69, 9.17) is 5.11 Å². The van der Waals surface area contributed by atoms with Gasteiger partial charge in [-0.1, -0.05) is 19.8 Å². The Morgan fingerprint density at radius 1 is 1.67 bits per heavy atom. The molecule has 2 N–H and O–H groups in total. The second-order valence-electron chi connectivity index (χ2n) is 3.52. The Hall–Kier alpha value is -0.570. The molecule has 1 aliphatic rings. The van der Waals surface area contributed by atoms with Crippen LogP contribution in [-0.2, 0) is 4.79 Å². The van der Waals surface area contributed by atoms with Gasteiger partial charge in [0.15, 0.2) is 0 Å². The van der Waals surface area contributed by atoms with Gasteiger partial charge < -0.3 is 10.4 Å². The maximum Gasteiger partial charge on any atom is 0.323 e. The molecule has 1 saturated heterocycles. The van der Waals surface area contributed by atoms with Crippen molar-refractivity contribution in [1.82, 2.24) is 5.32 Å². The minimum absolute atomic E-state index is 0.587. The van der Waals surface area contributed by atoms with Gasteiger partial charge in [-0.3, -0.25) is 4.79 Å². The molecule has 0 aliphatic carbocycles. The number of aliphatic carboxylic acids is 1. The van der Waals surface area contributed by atoms with Gasteiger partial charge in [-0.25, -0.2) is 0 Å². The first-order valence-corrected chi connectivity index (χ1v) is 4.70.